The van der Waals surface area contributed by atoms with E-state index in [0.29, 0.717) is 12.8 Å². The Morgan fingerprint density at radius 3 is 1.14 bits per heavy atom. The molecule has 0 saturated heterocycles. The second kappa shape index (κ2) is 21.6. The van der Waals surface area contributed by atoms with Crippen LogP contribution in [0.1, 0.15) is 140 Å². The predicted molar refractivity (Wildman–Crippen MR) is 141 cm³/mol. The van der Waals surface area contributed by atoms with Crippen molar-refractivity contribution in [3.05, 3.63) is 0 Å². The molecule has 8 nitrogen and oxygen atoms in total. The van der Waals surface area contributed by atoms with E-state index in [4.69, 9.17) is 39.1 Å². The molecule has 0 aliphatic carbocycles. The molecule has 218 valence electrons. The highest BCUT2D eigenvalue weighted by molar-refractivity contribution is 4.80. The summed E-state index contributed by atoms with van der Waals surface area (Å²) < 4.78 is 0. The number of hydrogen-bond acceptors (Lipinski definition) is 8. The zero-order valence-corrected chi connectivity index (χ0v) is 25.0. The van der Waals surface area contributed by atoms with Crippen LogP contribution in [0.4, 0.5) is 0 Å². The van der Waals surface area contributed by atoms with E-state index in [2.05, 4.69) is 34.6 Å². The van der Waals surface area contributed by atoms with Crippen LogP contribution >= 0.6 is 0 Å². The highest BCUT2D eigenvalue weighted by atomic mass is 17.3. The minimum atomic E-state index is -1.28. The molecule has 0 spiro atoms. The molecule has 0 bridgehead atoms. The van der Waals surface area contributed by atoms with Crippen molar-refractivity contribution < 1.29 is 39.1 Å². The first-order chi connectivity index (χ1) is 17.2. The smallest absolute Gasteiger partial charge is 0.231 e. The van der Waals surface area contributed by atoms with Gasteiger partial charge in [-0.3, -0.25) is 0 Å². The largest absolute Gasteiger partial charge is 0.241 e. The fourth-order valence-electron chi connectivity index (χ4n) is 4.06. The minimum Gasteiger partial charge on any atom is -0.231 e. The molecule has 36 heavy (non-hydrogen) atoms. The summed E-state index contributed by atoms with van der Waals surface area (Å²) in [7, 11) is 0. The Bertz CT molecular complexity index is 460. The lowest BCUT2D eigenvalue weighted by atomic mass is 9.91. The number of hydrogen-bond donors (Lipinski definition) is 0. The van der Waals surface area contributed by atoms with Gasteiger partial charge in [-0.1, -0.05) is 73.6 Å². The molecule has 0 aliphatic rings. The quantitative estimate of drug-likeness (QED) is 0.0672. The molecule has 0 aromatic rings. The zero-order chi connectivity index (χ0) is 27.4. The first kappa shape index (κ1) is 35.7. The standard InChI is InChI=1S/C28H58O8/c1-11-17-22(7)29-33-27(34-30-23(8)18-12-2)26(16-6)28(21-15-5,35-31-24(9)19-13-3)36-32-25(10)20-14-4/h22-27H,11-21H2,1-10H3. The Hall–Kier alpha value is -0.320. The van der Waals surface area contributed by atoms with Crippen molar-refractivity contribution in [2.45, 2.75) is 176 Å². The van der Waals surface area contributed by atoms with Crippen LogP contribution in [0.3, 0.4) is 0 Å². The Labute approximate surface area is 221 Å². The molecule has 0 saturated carbocycles. The van der Waals surface area contributed by atoms with Gasteiger partial charge in [0.05, 0.1) is 30.3 Å². The zero-order valence-electron chi connectivity index (χ0n) is 25.0. The summed E-state index contributed by atoms with van der Waals surface area (Å²) in [5.41, 5.74) is 0. The highest BCUT2D eigenvalue weighted by Gasteiger charge is 2.50. The van der Waals surface area contributed by atoms with Gasteiger partial charge in [0.1, 0.15) is 0 Å². The van der Waals surface area contributed by atoms with Crippen molar-refractivity contribution in [3.8, 4) is 0 Å². The van der Waals surface area contributed by atoms with E-state index < -0.39 is 18.0 Å². The summed E-state index contributed by atoms with van der Waals surface area (Å²) in [6, 6.07) is 0. The Morgan fingerprint density at radius 1 is 0.472 bits per heavy atom. The van der Waals surface area contributed by atoms with Crippen molar-refractivity contribution in [2.24, 2.45) is 5.92 Å². The van der Waals surface area contributed by atoms with E-state index in [1.165, 1.54) is 0 Å². The van der Waals surface area contributed by atoms with Gasteiger partial charge in [-0.25, -0.2) is 29.3 Å². The van der Waals surface area contributed by atoms with Gasteiger partial charge in [-0.05, 0) is 59.8 Å². The fourth-order valence-corrected chi connectivity index (χ4v) is 4.06. The van der Waals surface area contributed by atoms with E-state index in [0.717, 1.165) is 57.8 Å². The van der Waals surface area contributed by atoms with Crippen LogP contribution in [-0.4, -0.2) is 36.5 Å². The fraction of sp³-hybridized carbons (Fsp3) is 1.00. The summed E-state index contributed by atoms with van der Waals surface area (Å²) >= 11 is 0. The monoisotopic (exact) mass is 522 g/mol. The average Bonchev–Trinajstić information content (AvgIpc) is 2.84. The molecule has 0 aromatic carbocycles. The molecule has 0 aromatic heterocycles. The van der Waals surface area contributed by atoms with Gasteiger partial charge >= 0.3 is 0 Å². The molecular weight excluding hydrogens is 464 g/mol. The Balaban J connectivity index is 6.05. The second-order valence-corrected chi connectivity index (χ2v) is 10.1. The first-order valence-corrected chi connectivity index (χ1v) is 14.6. The third-order valence-electron chi connectivity index (χ3n) is 6.05. The maximum atomic E-state index is 6.14. The Kier molecular flexibility index (Phi) is 21.4. The van der Waals surface area contributed by atoms with E-state index in [-0.39, 0.29) is 24.4 Å². The molecule has 0 radical (unpaired) electrons. The normalized spacial score (nSPS) is 18.8. The molecule has 0 rings (SSSR count). The van der Waals surface area contributed by atoms with Crippen LogP contribution in [0, 0.1) is 5.92 Å². The van der Waals surface area contributed by atoms with Gasteiger partial charge in [-0.15, -0.1) is 0 Å². The van der Waals surface area contributed by atoms with Gasteiger partial charge in [0, 0.05) is 6.42 Å². The summed E-state index contributed by atoms with van der Waals surface area (Å²) in [4.78, 5) is 47.2. The number of rotatable bonds is 25. The van der Waals surface area contributed by atoms with E-state index in [1.807, 2.05) is 34.6 Å². The van der Waals surface area contributed by atoms with Crippen LogP contribution in [-0.2, 0) is 39.1 Å². The van der Waals surface area contributed by atoms with Crippen LogP contribution in [0.2, 0.25) is 0 Å². The molecule has 0 aliphatic heterocycles. The topological polar surface area (TPSA) is 73.8 Å². The molecule has 0 heterocycles. The van der Waals surface area contributed by atoms with Gasteiger partial charge in [0.2, 0.25) is 12.1 Å². The van der Waals surface area contributed by atoms with Crippen molar-refractivity contribution in [1.82, 2.24) is 0 Å². The van der Waals surface area contributed by atoms with E-state index in [9.17, 15) is 0 Å². The van der Waals surface area contributed by atoms with Crippen LogP contribution in [0.5, 0.6) is 0 Å². The second-order valence-electron chi connectivity index (χ2n) is 10.1. The molecule has 0 amide bonds. The third kappa shape index (κ3) is 14.6. The third-order valence-corrected chi connectivity index (χ3v) is 6.05. The minimum absolute atomic E-state index is 0.101. The lowest BCUT2D eigenvalue weighted by molar-refractivity contribution is -0.567. The van der Waals surface area contributed by atoms with Crippen LogP contribution in [0.25, 0.3) is 0 Å². The molecule has 8 heteroatoms. The van der Waals surface area contributed by atoms with Gasteiger partial charge in [0.15, 0.2) is 0 Å². The van der Waals surface area contributed by atoms with E-state index >= 15 is 0 Å². The van der Waals surface area contributed by atoms with Crippen LogP contribution in [0.15, 0.2) is 0 Å². The van der Waals surface area contributed by atoms with E-state index in [1.54, 1.807) is 0 Å². The summed E-state index contributed by atoms with van der Waals surface area (Å²) in [6.07, 6.45) is 7.87. The van der Waals surface area contributed by atoms with Crippen molar-refractivity contribution in [3.63, 3.8) is 0 Å². The average molecular weight is 523 g/mol. The maximum Gasteiger partial charge on any atom is 0.241 e. The highest BCUT2D eigenvalue weighted by Crippen LogP contribution is 2.38. The van der Waals surface area contributed by atoms with Crippen molar-refractivity contribution in [2.75, 3.05) is 0 Å². The van der Waals surface area contributed by atoms with Crippen molar-refractivity contribution >= 4 is 0 Å². The first-order valence-electron chi connectivity index (χ1n) is 14.6. The lowest BCUT2D eigenvalue weighted by Crippen LogP contribution is -2.51. The molecule has 5 unspecified atom stereocenters. The Morgan fingerprint density at radius 2 is 0.833 bits per heavy atom. The molecule has 0 fully saturated rings. The maximum absolute atomic E-state index is 6.14. The lowest BCUT2D eigenvalue weighted by Gasteiger charge is -2.40. The molecular formula is C28H58O8. The van der Waals surface area contributed by atoms with Gasteiger partial charge < -0.3 is 0 Å². The summed E-state index contributed by atoms with van der Waals surface area (Å²) in [5.74, 6) is -1.75. The van der Waals surface area contributed by atoms with Gasteiger partial charge in [0.25, 0.3) is 0 Å². The summed E-state index contributed by atoms with van der Waals surface area (Å²) in [6.45, 7) is 20.4. The SMILES string of the molecule is CCCC(C)OOC(OOC(C)CCC)C(CC)C(CCC)(OOC(C)CCC)OOC(C)CCC. The van der Waals surface area contributed by atoms with Crippen molar-refractivity contribution in [1.29, 1.82) is 0 Å². The molecule has 5 atom stereocenters. The van der Waals surface area contributed by atoms with Crippen LogP contribution < -0.4 is 0 Å². The summed E-state index contributed by atoms with van der Waals surface area (Å²) in [5, 5.41) is 0. The predicted octanol–water partition coefficient (Wildman–Crippen LogP) is 8.38. The molecule has 0 N–H and O–H groups in total. The van der Waals surface area contributed by atoms with Gasteiger partial charge in [-0.2, -0.15) is 9.78 Å².